The Morgan fingerprint density at radius 3 is 2.70 bits per heavy atom. The topological polar surface area (TPSA) is 68.0 Å². The summed E-state index contributed by atoms with van der Waals surface area (Å²) in [6.07, 6.45) is 2.24. The zero-order valence-electron chi connectivity index (χ0n) is 13.2. The van der Waals surface area contributed by atoms with Crippen LogP contribution in [0, 0.1) is 5.92 Å². The van der Waals surface area contributed by atoms with E-state index in [-0.39, 0.29) is 5.91 Å². The zero-order valence-corrected chi connectivity index (χ0v) is 13.2. The molecule has 5 nitrogen and oxygen atoms in total. The summed E-state index contributed by atoms with van der Waals surface area (Å²) in [5.41, 5.74) is 3.21. The summed E-state index contributed by atoms with van der Waals surface area (Å²) >= 11 is 0. The van der Waals surface area contributed by atoms with Gasteiger partial charge in [0, 0.05) is 24.7 Å². The first kappa shape index (κ1) is 15.2. The monoisotopic (exact) mass is 309 g/mol. The molecule has 0 unspecified atom stereocenters. The largest absolute Gasteiger partial charge is 0.434 e. The van der Waals surface area contributed by atoms with Crippen LogP contribution in [-0.4, -0.2) is 15.9 Å². The van der Waals surface area contributed by atoms with Crippen molar-refractivity contribution in [3.8, 4) is 11.5 Å². The van der Waals surface area contributed by atoms with Gasteiger partial charge in [-0.05, 0) is 35.7 Å². The Hall–Kier alpha value is -2.69. The van der Waals surface area contributed by atoms with Gasteiger partial charge in [-0.2, -0.15) is 4.98 Å². The molecule has 5 heteroatoms. The molecular formula is C18H19N3O2. The number of carbonyl (C=O) groups excluding carboxylic acids is 1. The first-order valence-electron chi connectivity index (χ1n) is 7.69. The van der Waals surface area contributed by atoms with Crippen LogP contribution in [0.5, 0.6) is 0 Å². The average molecular weight is 309 g/mol. The number of hydrogen-bond donors (Lipinski definition) is 1. The van der Waals surface area contributed by atoms with Crippen molar-refractivity contribution in [3.05, 3.63) is 48.2 Å². The third-order valence-corrected chi connectivity index (χ3v) is 3.45. The Morgan fingerprint density at radius 2 is 2.00 bits per heavy atom. The molecule has 0 bridgehead atoms. The molecule has 1 amide bonds. The summed E-state index contributed by atoms with van der Waals surface area (Å²) in [4.78, 5) is 20.2. The third kappa shape index (κ3) is 3.74. The highest BCUT2D eigenvalue weighted by atomic mass is 16.3. The maximum atomic E-state index is 11.7. The Kier molecular flexibility index (Phi) is 4.37. The number of nitrogens with zero attached hydrogens (tertiary/aromatic N) is 2. The fraction of sp³-hybridized carbons (Fsp3) is 0.278. The highest BCUT2D eigenvalue weighted by molar-refractivity contribution is 5.76. The lowest BCUT2D eigenvalue weighted by Crippen LogP contribution is -2.23. The molecule has 3 rings (SSSR count). The van der Waals surface area contributed by atoms with Gasteiger partial charge in [0.2, 0.25) is 11.8 Å². The SMILES string of the molecule is CC(C)CC(=O)NCc1ccc(-c2nc3ncccc3o2)cc1. The van der Waals surface area contributed by atoms with Crippen molar-refractivity contribution in [1.29, 1.82) is 0 Å². The molecule has 0 radical (unpaired) electrons. The van der Waals surface area contributed by atoms with Gasteiger partial charge in [-0.25, -0.2) is 4.98 Å². The van der Waals surface area contributed by atoms with Gasteiger partial charge in [0.1, 0.15) is 0 Å². The predicted molar refractivity (Wildman–Crippen MR) is 88.5 cm³/mol. The average Bonchev–Trinajstić information content (AvgIpc) is 2.97. The van der Waals surface area contributed by atoms with E-state index in [9.17, 15) is 4.79 Å². The number of benzene rings is 1. The lowest BCUT2D eigenvalue weighted by atomic mass is 10.1. The van der Waals surface area contributed by atoms with Gasteiger partial charge in [0.25, 0.3) is 0 Å². The Morgan fingerprint density at radius 1 is 1.22 bits per heavy atom. The first-order chi connectivity index (χ1) is 11.1. The first-order valence-corrected chi connectivity index (χ1v) is 7.69. The Labute approximate surface area is 134 Å². The van der Waals surface area contributed by atoms with E-state index >= 15 is 0 Å². The molecule has 2 aromatic heterocycles. The van der Waals surface area contributed by atoms with E-state index in [1.807, 2.05) is 50.2 Å². The number of aromatic nitrogens is 2. The lowest BCUT2D eigenvalue weighted by molar-refractivity contribution is -0.121. The van der Waals surface area contributed by atoms with Crippen molar-refractivity contribution in [2.24, 2.45) is 5.92 Å². The second-order valence-electron chi connectivity index (χ2n) is 5.92. The van der Waals surface area contributed by atoms with Crippen LogP contribution in [0.3, 0.4) is 0 Å². The molecule has 0 atom stereocenters. The second kappa shape index (κ2) is 6.60. The van der Waals surface area contributed by atoms with Crippen LogP contribution in [0.1, 0.15) is 25.8 Å². The number of hydrogen-bond acceptors (Lipinski definition) is 4. The van der Waals surface area contributed by atoms with Crippen molar-refractivity contribution >= 4 is 17.1 Å². The van der Waals surface area contributed by atoms with Crippen LogP contribution >= 0.6 is 0 Å². The molecule has 0 aliphatic rings. The van der Waals surface area contributed by atoms with Crippen molar-refractivity contribution < 1.29 is 9.21 Å². The highest BCUT2D eigenvalue weighted by Gasteiger charge is 2.09. The molecule has 0 fully saturated rings. The van der Waals surface area contributed by atoms with Crippen molar-refractivity contribution in [3.63, 3.8) is 0 Å². The van der Waals surface area contributed by atoms with E-state index in [4.69, 9.17) is 4.42 Å². The Bertz CT molecular complexity index is 774. The molecule has 0 spiro atoms. The number of amides is 1. The van der Waals surface area contributed by atoms with Crippen LogP contribution in [0.15, 0.2) is 47.0 Å². The molecule has 2 heterocycles. The van der Waals surface area contributed by atoms with E-state index in [0.717, 1.165) is 11.1 Å². The molecule has 0 aliphatic heterocycles. The minimum Gasteiger partial charge on any atom is -0.434 e. The van der Waals surface area contributed by atoms with Crippen molar-refractivity contribution in [1.82, 2.24) is 15.3 Å². The van der Waals surface area contributed by atoms with Crippen LogP contribution in [0.4, 0.5) is 0 Å². The minimum absolute atomic E-state index is 0.0779. The third-order valence-electron chi connectivity index (χ3n) is 3.45. The fourth-order valence-corrected chi connectivity index (χ4v) is 2.30. The Balaban J connectivity index is 1.68. The van der Waals surface area contributed by atoms with Gasteiger partial charge >= 0.3 is 0 Å². The molecule has 3 aromatic rings. The number of nitrogens with one attached hydrogen (secondary N) is 1. The van der Waals surface area contributed by atoms with E-state index < -0.39 is 0 Å². The van der Waals surface area contributed by atoms with Crippen LogP contribution in [-0.2, 0) is 11.3 Å². The van der Waals surface area contributed by atoms with Gasteiger partial charge in [0.05, 0.1) is 0 Å². The van der Waals surface area contributed by atoms with Gasteiger partial charge in [-0.1, -0.05) is 26.0 Å². The van der Waals surface area contributed by atoms with E-state index in [1.165, 1.54) is 0 Å². The molecule has 23 heavy (non-hydrogen) atoms. The molecule has 0 saturated heterocycles. The molecule has 118 valence electrons. The minimum atomic E-state index is 0.0779. The summed E-state index contributed by atoms with van der Waals surface area (Å²) in [6, 6.07) is 11.5. The van der Waals surface area contributed by atoms with E-state index in [1.54, 1.807) is 6.20 Å². The quantitative estimate of drug-likeness (QED) is 0.782. The molecule has 0 aliphatic carbocycles. The molecule has 1 N–H and O–H groups in total. The summed E-state index contributed by atoms with van der Waals surface area (Å²) in [7, 11) is 0. The number of fused-ring (bicyclic) bond motifs is 1. The van der Waals surface area contributed by atoms with Crippen molar-refractivity contribution in [2.75, 3.05) is 0 Å². The van der Waals surface area contributed by atoms with Gasteiger partial charge < -0.3 is 9.73 Å². The maximum absolute atomic E-state index is 11.7. The lowest BCUT2D eigenvalue weighted by Gasteiger charge is -2.07. The van der Waals surface area contributed by atoms with E-state index in [2.05, 4.69) is 15.3 Å². The van der Waals surface area contributed by atoms with Gasteiger partial charge in [0.15, 0.2) is 11.2 Å². The van der Waals surface area contributed by atoms with Gasteiger partial charge in [-0.3, -0.25) is 4.79 Å². The second-order valence-corrected chi connectivity index (χ2v) is 5.92. The maximum Gasteiger partial charge on any atom is 0.228 e. The number of oxazole rings is 1. The summed E-state index contributed by atoms with van der Waals surface area (Å²) in [6.45, 7) is 4.59. The van der Waals surface area contributed by atoms with E-state index in [0.29, 0.717) is 36.0 Å². The molecular weight excluding hydrogens is 290 g/mol. The van der Waals surface area contributed by atoms with Crippen LogP contribution in [0.2, 0.25) is 0 Å². The summed E-state index contributed by atoms with van der Waals surface area (Å²) in [5, 5.41) is 2.92. The number of carbonyl (C=O) groups is 1. The fourth-order valence-electron chi connectivity index (χ4n) is 2.30. The summed E-state index contributed by atoms with van der Waals surface area (Å²) in [5.74, 6) is 0.994. The predicted octanol–water partition coefficient (Wildman–Crippen LogP) is 3.55. The smallest absolute Gasteiger partial charge is 0.228 e. The summed E-state index contributed by atoms with van der Waals surface area (Å²) < 4.78 is 5.69. The standard InChI is InChI=1S/C18H19N3O2/c1-12(2)10-16(22)20-11-13-5-7-14(8-6-13)18-21-17-15(23-18)4-3-9-19-17/h3-9,12H,10-11H2,1-2H3,(H,20,22). The normalized spacial score (nSPS) is 11.1. The highest BCUT2D eigenvalue weighted by Crippen LogP contribution is 2.23. The number of pyridine rings is 1. The van der Waals surface area contributed by atoms with Crippen molar-refractivity contribution in [2.45, 2.75) is 26.8 Å². The zero-order chi connectivity index (χ0) is 16.2. The van der Waals surface area contributed by atoms with Crippen LogP contribution in [0.25, 0.3) is 22.7 Å². The number of rotatable bonds is 5. The van der Waals surface area contributed by atoms with Gasteiger partial charge in [-0.15, -0.1) is 0 Å². The molecule has 0 saturated carbocycles. The van der Waals surface area contributed by atoms with Crippen LogP contribution < -0.4 is 5.32 Å². The molecule has 1 aromatic carbocycles.